The molecule has 0 amide bonds. The molecular weight excluding hydrogens is 543 g/mol. The van der Waals surface area contributed by atoms with Crippen molar-refractivity contribution in [3.05, 3.63) is 47.3 Å². The van der Waals surface area contributed by atoms with E-state index in [0.717, 1.165) is 62.0 Å². The monoisotopic (exact) mass is 576 g/mol. The quantitative estimate of drug-likeness (QED) is 0.215. The lowest BCUT2D eigenvalue weighted by Crippen LogP contribution is -2.52. The topological polar surface area (TPSA) is 103 Å². The molecule has 0 atom stereocenters. The fraction of sp³-hybridized carbons (Fsp3) is 0.524. The largest absolute Gasteiger partial charge is 0.364 e. The summed E-state index contributed by atoms with van der Waals surface area (Å²) in [4.78, 5) is 9.50. The Morgan fingerprint density at radius 2 is 1.94 bits per heavy atom. The molecule has 1 saturated heterocycles. The van der Waals surface area contributed by atoms with Gasteiger partial charge in [-0.1, -0.05) is 17.3 Å². The van der Waals surface area contributed by atoms with Crippen LogP contribution in [0.3, 0.4) is 0 Å². The molecule has 32 heavy (non-hydrogen) atoms. The van der Waals surface area contributed by atoms with E-state index in [4.69, 9.17) is 4.52 Å². The van der Waals surface area contributed by atoms with Crippen LogP contribution in [0.5, 0.6) is 0 Å². The number of hydrogen-bond acceptors (Lipinski definition) is 6. The number of aliphatic imine (C=N–C) groups is 1. The number of rotatable bonds is 8. The van der Waals surface area contributed by atoms with Gasteiger partial charge in [-0.3, -0.25) is 9.89 Å². The molecule has 2 aromatic rings. The first-order chi connectivity index (χ1) is 14.9. The molecule has 2 N–H and O–H groups in total. The molecule has 0 aliphatic carbocycles. The van der Waals surface area contributed by atoms with Gasteiger partial charge in [0.1, 0.15) is 6.26 Å². The normalized spacial score (nSPS) is 15.5. The molecule has 1 aromatic carbocycles. The van der Waals surface area contributed by atoms with Gasteiger partial charge in [-0.15, -0.1) is 24.0 Å². The van der Waals surface area contributed by atoms with Crippen molar-refractivity contribution in [2.24, 2.45) is 4.99 Å². The molecule has 0 bridgehead atoms. The van der Waals surface area contributed by atoms with Crippen molar-refractivity contribution >= 4 is 40.0 Å². The van der Waals surface area contributed by atoms with Gasteiger partial charge in [-0.2, -0.15) is 0 Å². The first kappa shape index (κ1) is 26.6. The molecule has 1 aromatic heterocycles. The summed E-state index contributed by atoms with van der Waals surface area (Å²) in [5.41, 5.74) is 2.59. The first-order valence-corrected chi connectivity index (χ1v) is 12.1. The number of benzene rings is 1. The van der Waals surface area contributed by atoms with E-state index < -0.39 is 10.0 Å². The van der Waals surface area contributed by atoms with Crippen molar-refractivity contribution in [1.82, 2.24) is 25.0 Å². The molecule has 9 nitrogen and oxygen atoms in total. The van der Waals surface area contributed by atoms with Gasteiger partial charge in [0.2, 0.25) is 10.0 Å². The SMILES string of the molecule is CCNC(=NCCNS(=O)(=O)c1cc(C)ccc1C)N1CCN(Cc2ccon2)CC1.I. The molecule has 3 rings (SSSR count). The third-order valence-electron chi connectivity index (χ3n) is 5.18. The third kappa shape index (κ3) is 7.42. The van der Waals surface area contributed by atoms with Crippen LogP contribution in [0.2, 0.25) is 0 Å². The van der Waals surface area contributed by atoms with Crippen molar-refractivity contribution in [3.8, 4) is 0 Å². The smallest absolute Gasteiger partial charge is 0.240 e. The number of sulfonamides is 1. The van der Waals surface area contributed by atoms with Crippen LogP contribution in [-0.4, -0.2) is 75.1 Å². The van der Waals surface area contributed by atoms with Crippen LogP contribution in [0.25, 0.3) is 0 Å². The minimum atomic E-state index is -3.55. The van der Waals surface area contributed by atoms with Gasteiger partial charge in [-0.25, -0.2) is 13.1 Å². The van der Waals surface area contributed by atoms with Crippen LogP contribution in [-0.2, 0) is 16.6 Å². The number of nitrogens with one attached hydrogen (secondary N) is 2. The van der Waals surface area contributed by atoms with E-state index in [0.29, 0.717) is 11.4 Å². The zero-order chi connectivity index (χ0) is 22.3. The Hall–Kier alpha value is -1.70. The van der Waals surface area contributed by atoms with Crippen molar-refractivity contribution in [1.29, 1.82) is 0 Å². The highest BCUT2D eigenvalue weighted by Crippen LogP contribution is 2.16. The number of halogens is 1. The molecule has 1 aliphatic rings. The van der Waals surface area contributed by atoms with Crippen LogP contribution in [0.15, 0.2) is 44.9 Å². The molecule has 178 valence electrons. The summed E-state index contributed by atoms with van der Waals surface area (Å²) in [5, 5.41) is 7.28. The number of aryl methyl sites for hydroxylation is 2. The molecule has 1 aliphatic heterocycles. The zero-order valence-electron chi connectivity index (χ0n) is 18.9. The number of piperazine rings is 1. The molecule has 0 unspecified atom stereocenters. The lowest BCUT2D eigenvalue weighted by molar-refractivity contribution is 0.169. The second kappa shape index (κ2) is 12.5. The van der Waals surface area contributed by atoms with E-state index in [9.17, 15) is 8.42 Å². The number of aromatic nitrogens is 1. The van der Waals surface area contributed by atoms with Gasteiger partial charge in [-0.05, 0) is 38.0 Å². The summed E-state index contributed by atoms with van der Waals surface area (Å²) in [7, 11) is -3.55. The maximum Gasteiger partial charge on any atom is 0.240 e. The summed E-state index contributed by atoms with van der Waals surface area (Å²) in [6.45, 7) is 11.4. The Kier molecular flexibility index (Phi) is 10.4. The van der Waals surface area contributed by atoms with Crippen molar-refractivity contribution in [2.75, 3.05) is 45.8 Å². The summed E-state index contributed by atoms with van der Waals surface area (Å²) in [5.74, 6) is 0.814. The fourth-order valence-electron chi connectivity index (χ4n) is 3.51. The van der Waals surface area contributed by atoms with Crippen molar-refractivity contribution in [2.45, 2.75) is 32.2 Å². The minimum Gasteiger partial charge on any atom is -0.364 e. The van der Waals surface area contributed by atoms with Crippen LogP contribution < -0.4 is 10.0 Å². The fourth-order valence-corrected chi connectivity index (χ4v) is 4.86. The average molecular weight is 577 g/mol. The molecule has 0 spiro atoms. The molecule has 11 heteroatoms. The molecule has 0 radical (unpaired) electrons. The van der Waals surface area contributed by atoms with Crippen LogP contribution >= 0.6 is 24.0 Å². The predicted molar refractivity (Wildman–Crippen MR) is 136 cm³/mol. The van der Waals surface area contributed by atoms with Gasteiger partial charge in [0.05, 0.1) is 17.1 Å². The maximum atomic E-state index is 12.6. The highest BCUT2D eigenvalue weighted by molar-refractivity contribution is 14.0. The zero-order valence-corrected chi connectivity index (χ0v) is 22.0. The summed E-state index contributed by atoms with van der Waals surface area (Å²) in [6.07, 6.45) is 1.59. The van der Waals surface area contributed by atoms with Gasteiger partial charge < -0.3 is 14.7 Å². The predicted octanol–water partition coefficient (Wildman–Crippen LogP) is 1.97. The van der Waals surface area contributed by atoms with E-state index in [2.05, 4.69) is 30.0 Å². The Labute approximate surface area is 207 Å². The van der Waals surface area contributed by atoms with Gasteiger partial charge in [0, 0.05) is 51.9 Å². The minimum absolute atomic E-state index is 0. The summed E-state index contributed by atoms with van der Waals surface area (Å²) >= 11 is 0. The Morgan fingerprint density at radius 1 is 1.19 bits per heavy atom. The van der Waals surface area contributed by atoms with E-state index >= 15 is 0 Å². The maximum absolute atomic E-state index is 12.6. The molecule has 0 saturated carbocycles. The average Bonchev–Trinajstić information content (AvgIpc) is 3.26. The highest BCUT2D eigenvalue weighted by atomic mass is 127. The van der Waals surface area contributed by atoms with E-state index in [1.165, 1.54) is 0 Å². The summed E-state index contributed by atoms with van der Waals surface area (Å²) < 4.78 is 32.9. The van der Waals surface area contributed by atoms with Gasteiger partial charge in [0.15, 0.2) is 5.96 Å². The van der Waals surface area contributed by atoms with Crippen LogP contribution in [0.4, 0.5) is 0 Å². The number of nitrogens with zero attached hydrogens (tertiary/aromatic N) is 4. The first-order valence-electron chi connectivity index (χ1n) is 10.6. The Bertz CT molecular complexity index is 973. The Balaban J connectivity index is 0.00000363. The second-order valence-corrected chi connectivity index (χ2v) is 9.39. The van der Waals surface area contributed by atoms with E-state index in [-0.39, 0.29) is 30.5 Å². The molecular formula is C21H33IN6O3S. The molecule has 1 fully saturated rings. The van der Waals surface area contributed by atoms with E-state index in [1.54, 1.807) is 19.3 Å². The molecule has 2 heterocycles. The Morgan fingerprint density at radius 3 is 2.59 bits per heavy atom. The van der Waals surface area contributed by atoms with Crippen LogP contribution in [0, 0.1) is 13.8 Å². The van der Waals surface area contributed by atoms with Gasteiger partial charge >= 0.3 is 0 Å². The second-order valence-electron chi connectivity index (χ2n) is 7.66. The lowest BCUT2D eigenvalue weighted by Gasteiger charge is -2.36. The third-order valence-corrected chi connectivity index (χ3v) is 6.79. The number of guanidine groups is 1. The van der Waals surface area contributed by atoms with Crippen molar-refractivity contribution in [3.63, 3.8) is 0 Å². The standard InChI is InChI=1S/C21H32N6O3S.HI/c1-4-22-21(27-12-10-26(11-13-27)16-19-7-14-30-25-19)23-8-9-24-31(28,29)20-15-17(2)5-6-18(20)3;/h5-7,14-15,24H,4,8-13,16H2,1-3H3,(H,22,23);1H. The summed E-state index contributed by atoms with van der Waals surface area (Å²) in [6, 6.07) is 7.32. The van der Waals surface area contributed by atoms with Crippen LogP contribution in [0.1, 0.15) is 23.7 Å². The number of hydrogen-bond donors (Lipinski definition) is 2. The van der Waals surface area contributed by atoms with E-state index in [1.807, 2.05) is 32.0 Å². The van der Waals surface area contributed by atoms with Crippen molar-refractivity contribution < 1.29 is 12.9 Å². The van der Waals surface area contributed by atoms with Gasteiger partial charge in [0.25, 0.3) is 0 Å². The lowest BCUT2D eigenvalue weighted by atomic mass is 10.2. The highest BCUT2D eigenvalue weighted by Gasteiger charge is 2.20.